The van der Waals surface area contributed by atoms with Crippen molar-refractivity contribution in [3.63, 3.8) is 0 Å². The summed E-state index contributed by atoms with van der Waals surface area (Å²) in [4.78, 5) is 4.34. The van der Waals surface area contributed by atoms with Gasteiger partial charge in [-0.3, -0.25) is 4.99 Å². The molecule has 0 spiro atoms. The summed E-state index contributed by atoms with van der Waals surface area (Å²) in [7, 11) is -3.63. The van der Waals surface area contributed by atoms with E-state index in [1.165, 1.54) is 11.1 Å². The van der Waals surface area contributed by atoms with Gasteiger partial charge >= 0.3 is 0 Å². The Morgan fingerprint density at radius 1 is 0.857 bits per heavy atom. The van der Waals surface area contributed by atoms with Crippen molar-refractivity contribution in [1.29, 1.82) is 0 Å². The minimum atomic E-state index is -3.63. The van der Waals surface area contributed by atoms with Gasteiger partial charge in [0.1, 0.15) is 18.1 Å². The Labute approximate surface area is 209 Å². The number of nitrogens with zero attached hydrogens (tertiary/aromatic N) is 1. The first kappa shape index (κ1) is 28.0. The van der Waals surface area contributed by atoms with Gasteiger partial charge in [0, 0.05) is 6.54 Å². The first-order valence-electron chi connectivity index (χ1n) is 11.7. The number of ether oxygens (including phenoxy) is 2. The molecule has 0 radical (unpaired) electrons. The lowest BCUT2D eigenvalue weighted by atomic mass is 10.1. The van der Waals surface area contributed by atoms with E-state index in [-0.39, 0.29) is 15.8 Å². The van der Waals surface area contributed by atoms with Crippen LogP contribution in [0.1, 0.15) is 46.5 Å². The van der Waals surface area contributed by atoms with Gasteiger partial charge < -0.3 is 20.9 Å². The molecule has 190 valence electrons. The molecule has 0 fully saturated rings. The second-order valence-electron chi connectivity index (χ2n) is 8.49. The number of allylic oxidation sites excluding steroid dienone is 3. The molecule has 0 aliphatic carbocycles. The van der Waals surface area contributed by atoms with Crippen LogP contribution in [0.5, 0.6) is 11.5 Å². The van der Waals surface area contributed by atoms with Crippen LogP contribution in [0.25, 0.3) is 0 Å². The van der Waals surface area contributed by atoms with Crippen molar-refractivity contribution in [3.8, 4) is 11.5 Å². The summed E-state index contributed by atoms with van der Waals surface area (Å²) in [5, 5.41) is 0. The predicted octanol–water partition coefficient (Wildman–Crippen LogP) is 5.02. The molecule has 8 heteroatoms. The van der Waals surface area contributed by atoms with Crippen LogP contribution in [0.4, 0.5) is 0 Å². The molecule has 2 aromatic carbocycles. The van der Waals surface area contributed by atoms with Gasteiger partial charge in [-0.2, -0.15) is 0 Å². The van der Waals surface area contributed by atoms with Crippen molar-refractivity contribution in [2.24, 2.45) is 16.5 Å². The Hall–Kier alpha value is -3.26. The third-order valence-corrected chi connectivity index (χ3v) is 6.94. The Kier molecular flexibility index (Phi) is 11.4. The predicted molar refractivity (Wildman–Crippen MR) is 142 cm³/mol. The molecule has 0 saturated heterocycles. The quantitative estimate of drug-likeness (QED) is 0.163. The number of aliphatic imine (C=N–C) groups is 1. The fourth-order valence-electron chi connectivity index (χ4n) is 3.15. The van der Waals surface area contributed by atoms with Crippen LogP contribution >= 0.6 is 0 Å². The fourth-order valence-corrected chi connectivity index (χ4v) is 4.41. The van der Waals surface area contributed by atoms with Crippen molar-refractivity contribution < 1.29 is 17.9 Å². The number of nitrogens with two attached hydrogens (primary N) is 2. The van der Waals surface area contributed by atoms with Gasteiger partial charge in [-0.1, -0.05) is 17.2 Å². The SMILES string of the molecule is CC(C)=CCC/C(C)=C\COc1ccc(S(=O)(=O)c2ccc(OCCCCN=C(N)N)cc2)cc1. The molecule has 0 amide bonds. The van der Waals surface area contributed by atoms with Crippen molar-refractivity contribution in [3.05, 3.63) is 71.8 Å². The van der Waals surface area contributed by atoms with Crippen LogP contribution in [0.3, 0.4) is 0 Å². The van der Waals surface area contributed by atoms with Crippen molar-refractivity contribution in [2.45, 2.75) is 56.2 Å². The van der Waals surface area contributed by atoms with E-state index in [2.05, 4.69) is 37.9 Å². The molecule has 0 aliphatic rings. The average molecular weight is 500 g/mol. The summed E-state index contributed by atoms with van der Waals surface area (Å²) < 4.78 is 37.3. The Bertz CT molecular complexity index is 1110. The van der Waals surface area contributed by atoms with E-state index in [9.17, 15) is 8.42 Å². The van der Waals surface area contributed by atoms with Crippen LogP contribution in [-0.2, 0) is 9.84 Å². The van der Waals surface area contributed by atoms with E-state index in [0.717, 1.165) is 25.7 Å². The average Bonchev–Trinajstić information content (AvgIpc) is 2.81. The second-order valence-corrected chi connectivity index (χ2v) is 10.4. The zero-order valence-corrected chi connectivity index (χ0v) is 21.7. The van der Waals surface area contributed by atoms with E-state index in [0.29, 0.717) is 31.3 Å². The number of hydrogen-bond acceptors (Lipinski definition) is 5. The smallest absolute Gasteiger partial charge is 0.206 e. The molecule has 0 heterocycles. The van der Waals surface area contributed by atoms with Crippen LogP contribution in [0.15, 0.2) is 86.6 Å². The van der Waals surface area contributed by atoms with Gasteiger partial charge in [0.15, 0.2) is 5.96 Å². The number of guanidine groups is 1. The van der Waals surface area contributed by atoms with Gasteiger partial charge in [-0.05, 0) is 101 Å². The molecule has 0 bridgehead atoms. The fraction of sp³-hybridized carbons (Fsp3) is 0.370. The first-order valence-corrected chi connectivity index (χ1v) is 13.2. The van der Waals surface area contributed by atoms with Gasteiger partial charge in [0.2, 0.25) is 9.84 Å². The molecule has 0 unspecified atom stereocenters. The van der Waals surface area contributed by atoms with Gasteiger partial charge in [-0.15, -0.1) is 0 Å². The van der Waals surface area contributed by atoms with E-state index in [1.807, 2.05) is 0 Å². The van der Waals surface area contributed by atoms with E-state index < -0.39 is 9.84 Å². The maximum absolute atomic E-state index is 13.0. The lowest BCUT2D eigenvalue weighted by molar-refractivity contribution is 0.307. The number of unbranched alkanes of at least 4 members (excludes halogenated alkanes) is 1. The highest BCUT2D eigenvalue weighted by Crippen LogP contribution is 2.25. The van der Waals surface area contributed by atoms with Crippen LogP contribution in [0, 0.1) is 0 Å². The van der Waals surface area contributed by atoms with Crippen LogP contribution < -0.4 is 20.9 Å². The monoisotopic (exact) mass is 499 g/mol. The molecule has 0 aromatic heterocycles. The summed E-state index contributed by atoms with van der Waals surface area (Å²) in [6, 6.07) is 12.9. The van der Waals surface area contributed by atoms with E-state index in [4.69, 9.17) is 20.9 Å². The number of benzene rings is 2. The van der Waals surface area contributed by atoms with Crippen molar-refractivity contribution in [2.75, 3.05) is 19.8 Å². The van der Waals surface area contributed by atoms with Gasteiger partial charge in [0.25, 0.3) is 0 Å². The lowest BCUT2D eigenvalue weighted by Crippen LogP contribution is -2.23. The number of rotatable bonds is 14. The standard InChI is InChI=1S/C27H37N3O4S/c1-21(2)7-6-8-22(3)17-20-34-24-11-15-26(16-12-24)35(31,32)25-13-9-23(10-14-25)33-19-5-4-18-30-27(28)29/h7,9-17H,4-6,8,18-20H2,1-3H3,(H4,28,29,30)/b22-17-. The zero-order chi connectivity index (χ0) is 25.7. The molecule has 0 atom stereocenters. The van der Waals surface area contributed by atoms with Crippen LogP contribution in [-0.4, -0.2) is 34.1 Å². The van der Waals surface area contributed by atoms with Gasteiger partial charge in [0.05, 0.1) is 16.4 Å². The van der Waals surface area contributed by atoms with E-state index in [1.54, 1.807) is 48.5 Å². The highest BCUT2D eigenvalue weighted by atomic mass is 32.2. The first-order chi connectivity index (χ1) is 16.7. The molecule has 35 heavy (non-hydrogen) atoms. The summed E-state index contributed by atoms with van der Waals surface area (Å²) in [6.45, 7) is 7.78. The van der Waals surface area contributed by atoms with Crippen molar-refractivity contribution in [1.82, 2.24) is 0 Å². The third kappa shape index (κ3) is 10.3. The Balaban J connectivity index is 1.87. The summed E-state index contributed by atoms with van der Waals surface area (Å²) in [5.74, 6) is 1.32. The Morgan fingerprint density at radius 3 is 1.97 bits per heavy atom. The number of sulfone groups is 1. The largest absolute Gasteiger partial charge is 0.494 e. The third-order valence-electron chi connectivity index (χ3n) is 5.16. The molecule has 7 nitrogen and oxygen atoms in total. The second kappa shape index (κ2) is 14.2. The van der Waals surface area contributed by atoms with Gasteiger partial charge in [-0.25, -0.2) is 8.42 Å². The maximum atomic E-state index is 13.0. The highest BCUT2D eigenvalue weighted by molar-refractivity contribution is 7.91. The zero-order valence-electron chi connectivity index (χ0n) is 20.9. The molecule has 0 aliphatic heterocycles. The summed E-state index contributed by atoms with van der Waals surface area (Å²) in [6.07, 6.45) is 7.88. The minimum absolute atomic E-state index is 0.0818. The summed E-state index contributed by atoms with van der Waals surface area (Å²) >= 11 is 0. The highest BCUT2D eigenvalue weighted by Gasteiger charge is 2.17. The topological polar surface area (TPSA) is 117 Å². The van der Waals surface area contributed by atoms with Crippen molar-refractivity contribution >= 4 is 15.8 Å². The molecule has 4 N–H and O–H groups in total. The molecular formula is C27H37N3O4S. The normalized spacial score (nSPS) is 11.6. The molecule has 2 rings (SSSR count). The minimum Gasteiger partial charge on any atom is -0.494 e. The molecular weight excluding hydrogens is 462 g/mol. The molecule has 0 saturated carbocycles. The molecule has 2 aromatic rings. The van der Waals surface area contributed by atoms with E-state index >= 15 is 0 Å². The Morgan fingerprint density at radius 2 is 1.43 bits per heavy atom. The summed E-state index contributed by atoms with van der Waals surface area (Å²) in [5.41, 5.74) is 13.2. The maximum Gasteiger partial charge on any atom is 0.206 e. The number of hydrogen-bond donors (Lipinski definition) is 2. The van der Waals surface area contributed by atoms with Crippen LogP contribution in [0.2, 0.25) is 0 Å². The lowest BCUT2D eigenvalue weighted by Gasteiger charge is -2.09.